The van der Waals surface area contributed by atoms with Crippen molar-refractivity contribution in [3.8, 4) is 11.5 Å². The van der Waals surface area contributed by atoms with Gasteiger partial charge in [0.1, 0.15) is 18.1 Å². The molecule has 1 aliphatic heterocycles. The number of hydrogen-bond donors (Lipinski definition) is 1. The van der Waals surface area contributed by atoms with E-state index in [9.17, 15) is 0 Å². The van der Waals surface area contributed by atoms with Crippen molar-refractivity contribution in [1.82, 2.24) is 5.32 Å². The van der Waals surface area contributed by atoms with Gasteiger partial charge >= 0.3 is 0 Å². The largest absolute Gasteiger partial charge is 0.493 e. The quantitative estimate of drug-likeness (QED) is 0.914. The molecule has 1 N–H and O–H groups in total. The summed E-state index contributed by atoms with van der Waals surface area (Å²) in [4.78, 5) is 0. The average Bonchev–Trinajstić information content (AvgIpc) is 3.19. The lowest BCUT2D eigenvalue weighted by Gasteiger charge is -2.21. The van der Waals surface area contributed by atoms with E-state index in [0.717, 1.165) is 42.5 Å². The Labute approximate surface area is 120 Å². The Kier molecular flexibility index (Phi) is 3.10. The molecule has 3 nitrogen and oxygen atoms in total. The van der Waals surface area contributed by atoms with Gasteiger partial charge in [0.15, 0.2) is 0 Å². The van der Waals surface area contributed by atoms with Gasteiger partial charge in [-0.05, 0) is 56.2 Å². The molecular weight excluding hydrogens is 250 g/mol. The van der Waals surface area contributed by atoms with Crippen LogP contribution in [-0.2, 0) is 0 Å². The minimum Gasteiger partial charge on any atom is -0.493 e. The van der Waals surface area contributed by atoms with Crippen LogP contribution in [0.3, 0.4) is 0 Å². The van der Waals surface area contributed by atoms with Gasteiger partial charge in [0.05, 0.1) is 12.6 Å². The third-order valence-corrected chi connectivity index (χ3v) is 5.46. The molecular formula is C17H23NO2. The fourth-order valence-corrected chi connectivity index (χ4v) is 4.30. The van der Waals surface area contributed by atoms with Crippen molar-refractivity contribution in [2.75, 3.05) is 20.3 Å². The minimum absolute atomic E-state index is 0.324. The van der Waals surface area contributed by atoms with Gasteiger partial charge in [-0.2, -0.15) is 0 Å². The number of ether oxygens (including phenoxy) is 2. The normalized spacial score (nSPS) is 34.0. The van der Waals surface area contributed by atoms with Crippen molar-refractivity contribution in [3.05, 3.63) is 23.8 Å². The molecule has 2 saturated carbocycles. The number of hydrogen-bond acceptors (Lipinski definition) is 3. The Hall–Kier alpha value is -1.22. The maximum Gasteiger partial charge on any atom is 0.127 e. The number of rotatable bonds is 4. The third-order valence-electron chi connectivity index (χ3n) is 5.46. The summed E-state index contributed by atoms with van der Waals surface area (Å²) in [7, 11) is 1.97. The molecule has 4 atom stereocenters. The average molecular weight is 273 g/mol. The van der Waals surface area contributed by atoms with E-state index in [1.807, 2.05) is 7.05 Å². The lowest BCUT2D eigenvalue weighted by Crippen LogP contribution is -2.18. The van der Waals surface area contributed by atoms with E-state index in [1.54, 1.807) is 0 Å². The molecule has 1 aromatic carbocycles. The summed E-state index contributed by atoms with van der Waals surface area (Å²) in [5, 5.41) is 3.27. The maximum atomic E-state index is 6.04. The Morgan fingerprint density at radius 3 is 3.00 bits per heavy atom. The fourth-order valence-electron chi connectivity index (χ4n) is 4.30. The topological polar surface area (TPSA) is 30.5 Å². The van der Waals surface area contributed by atoms with Crippen molar-refractivity contribution in [3.63, 3.8) is 0 Å². The predicted octanol–water partition coefficient (Wildman–Crippen LogP) is 3.15. The van der Waals surface area contributed by atoms with Crippen LogP contribution in [-0.4, -0.2) is 20.3 Å². The summed E-state index contributed by atoms with van der Waals surface area (Å²) < 4.78 is 11.8. The Bertz CT molecular complexity index is 502. The summed E-state index contributed by atoms with van der Waals surface area (Å²) in [6.45, 7) is 1.61. The molecule has 1 heterocycles. The van der Waals surface area contributed by atoms with E-state index in [1.165, 1.54) is 31.2 Å². The molecule has 0 saturated heterocycles. The second kappa shape index (κ2) is 4.96. The molecule has 0 radical (unpaired) electrons. The van der Waals surface area contributed by atoms with Crippen molar-refractivity contribution < 1.29 is 9.47 Å². The minimum atomic E-state index is 0.324. The molecule has 3 heteroatoms. The number of likely N-dealkylation sites (N-methyl/N-ethyl adjacent to an activating group) is 1. The van der Waals surface area contributed by atoms with Crippen molar-refractivity contribution in [2.45, 2.75) is 31.7 Å². The van der Waals surface area contributed by atoms with Crippen LogP contribution in [0.5, 0.6) is 11.5 Å². The van der Waals surface area contributed by atoms with Crippen molar-refractivity contribution in [1.29, 1.82) is 0 Å². The van der Waals surface area contributed by atoms with Gasteiger partial charge in [0.25, 0.3) is 0 Å². The lowest BCUT2D eigenvalue weighted by atomic mass is 9.89. The molecule has 1 aromatic rings. The molecule has 2 bridgehead atoms. The summed E-state index contributed by atoms with van der Waals surface area (Å²) in [6, 6.07) is 6.61. The second-order valence-electron chi connectivity index (χ2n) is 6.60. The SMILES string of the molecule is CNC1COc2cc(OCC3CC4CCC3C4)ccc21. The first-order valence-corrected chi connectivity index (χ1v) is 7.90. The molecule has 4 rings (SSSR count). The van der Waals surface area contributed by atoms with Gasteiger partial charge in [-0.3, -0.25) is 0 Å². The van der Waals surface area contributed by atoms with Crippen LogP contribution in [0, 0.1) is 17.8 Å². The number of fused-ring (bicyclic) bond motifs is 3. The van der Waals surface area contributed by atoms with E-state index in [-0.39, 0.29) is 0 Å². The Balaban J connectivity index is 1.40. The predicted molar refractivity (Wildman–Crippen MR) is 78.2 cm³/mol. The summed E-state index contributed by atoms with van der Waals surface area (Å²) in [5.41, 5.74) is 1.25. The zero-order valence-electron chi connectivity index (χ0n) is 12.1. The first-order valence-electron chi connectivity index (χ1n) is 7.90. The first kappa shape index (κ1) is 12.5. The van der Waals surface area contributed by atoms with E-state index in [4.69, 9.17) is 9.47 Å². The Morgan fingerprint density at radius 1 is 1.30 bits per heavy atom. The zero-order chi connectivity index (χ0) is 13.5. The highest BCUT2D eigenvalue weighted by atomic mass is 16.5. The van der Waals surface area contributed by atoms with Crippen LogP contribution in [0.25, 0.3) is 0 Å². The molecule has 108 valence electrons. The van der Waals surface area contributed by atoms with Gasteiger partial charge < -0.3 is 14.8 Å². The van der Waals surface area contributed by atoms with E-state index in [0.29, 0.717) is 6.04 Å². The standard InChI is InChI=1S/C17H23NO2/c1-18-16-10-20-17-8-14(4-5-15(16)17)19-9-13-7-11-2-3-12(13)6-11/h4-5,8,11-13,16,18H,2-3,6-7,9-10H2,1H3. The van der Waals surface area contributed by atoms with Gasteiger partial charge in [-0.25, -0.2) is 0 Å². The molecule has 0 spiro atoms. The van der Waals surface area contributed by atoms with E-state index in [2.05, 4.69) is 23.5 Å². The highest BCUT2D eigenvalue weighted by Crippen LogP contribution is 2.48. The first-order chi connectivity index (χ1) is 9.83. The van der Waals surface area contributed by atoms with Crippen molar-refractivity contribution in [2.24, 2.45) is 17.8 Å². The highest BCUT2D eigenvalue weighted by molar-refractivity contribution is 5.45. The highest BCUT2D eigenvalue weighted by Gasteiger charge is 2.39. The van der Waals surface area contributed by atoms with Crippen LogP contribution >= 0.6 is 0 Å². The maximum absolute atomic E-state index is 6.04. The second-order valence-corrected chi connectivity index (χ2v) is 6.60. The van der Waals surface area contributed by atoms with Crippen LogP contribution in [0.4, 0.5) is 0 Å². The van der Waals surface area contributed by atoms with E-state index >= 15 is 0 Å². The van der Waals surface area contributed by atoms with E-state index < -0.39 is 0 Å². The molecule has 3 aliphatic rings. The molecule has 2 aliphatic carbocycles. The summed E-state index contributed by atoms with van der Waals surface area (Å²) in [5.74, 6) is 4.65. The van der Waals surface area contributed by atoms with Crippen LogP contribution < -0.4 is 14.8 Å². The van der Waals surface area contributed by atoms with Gasteiger partial charge in [0.2, 0.25) is 0 Å². The monoisotopic (exact) mass is 273 g/mol. The summed E-state index contributed by atoms with van der Waals surface area (Å²) in [6.07, 6.45) is 5.72. The number of nitrogens with one attached hydrogen (secondary N) is 1. The fraction of sp³-hybridized carbons (Fsp3) is 0.647. The third kappa shape index (κ3) is 2.08. The van der Waals surface area contributed by atoms with Gasteiger partial charge in [-0.15, -0.1) is 0 Å². The Morgan fingerprint density at radius 2 is 2.25 bits per heavy atom. The smallest absolute Gasteiger partial charge is 0.127 e. The lowest BCUT2D eigenvalue weighted by molar-refractivity contribution is 0.194. The number of benzene rings is 1. The molecule has 20 heavy (non-hydrogen) atoms. The molecule has 0 amide bonds. The zero-order valence-corrected chi connectivity index (χ0v) is 12.1. The molecule has 2 fully saturated rings. The molecule has 4 unspecified atom stereocenters. The van der Waals surface area contributed by atoms with Gasteiger partial charge in [-0.1, -0.05) is 6.42 Å². The van der Waals surface area contributed by atoms with Crippen LogP contribution in [0.15, 0.2) is 18.2 Å². The van der Waals surface area contributed by atoms with Crippen LogP contribution in [0.2, 0.25) is 0 Å². The van der Waals surface area contributed by atoms with Crippen LogP contribution in [0.1, 0.15) is 37.3 Å². The van der Waals surface area contributed by atoms with Crippen molar-refractivity contribution >= 4 is 0 Å². The van der Waals surface area contributed by atoms with Gasteiger partial charge in [0, 0.05) is 11.6 Å². The summed E-state index contributed by atoms with van der Waals surface area (Å²) >= 11 is 0. The molecule has 0 aromatic heterocycles.